The average Bonchev–Trinajstić information content (AvgIpc) is 2.87. The van der Waals surface area contributed by atoms with Crippen LogP contribution in [0, 0.1) is 17.6 Å². The lowest BCUT2D eigenvalue weighted by molar-refractivity contribution is -0.192. The van der Waals surface area contributed by atoms with Gasteiger partial charge in [0.2, 0.25) is 0 Å². The van der Waals surface area contributed by atoms with E-state index in [9.17, 15) is 26.7 Å². The summed E-state index contributed by atoms with van der Waals surface area (Å²) in [4.78, 5) is 25.8. The van der Waals surface area contributed by atoms with Crippen LogP contribution in [-0.2, 0) is 17.9 Å². The molecule has 0 aliphatic carbocycles. The number of alkyl halides is 3. The number of amides is 2. The third-order valence-electron chi connectivity index (χ3n) is 5.93. The molecule has 2 aromatic carbocycles. The van der Waals surface area contributed by atoms with Crippen molar-refractivity contribution in [1.82, 2.24) is 15.1 Å². The van der Waals surface area contributed by atoms with E-state index in [1.165, 1.54) is 6.07 Å². The van der Waals surface area contributed by atoms with Gasteiger partial charge in [0.15, 0.2) is 0 Å². The molecule has 0 radical (unpaired) electrons. The standard InChI is InChI=1S/C25H33F2N3O2.C2HF3O2/c1-18(2)17-32-23-7-4-19(5-8-23)15-28-25(31)30(22-10-12-29(3)13-11-22)16-20-14-21(26)6-9-24(20)27;3-2(4,5)1(6)7/h4-9,14,18,22H,10-13,15-17H2,1-3H3,(H,28,31);(H,6,7). The van der Waals surface area contributed by atoms with Crippen molar-refractivity contribution in [2.24, 2.45) is 5.92 Å². The van der Waals surface area contributed by atoms with Crippen LogP contribution in [0.1, 0.15) is 37.8 Å². The van der Waals surface area contributed by atoms with Gasteiger partial charge in [0.25, 0.3) is 0 Å². The van der Waals surface area contributed by atoms with Crippen molar-refractivity contribution in [3.05, 3.63) is 65.2 Å². The highest BCUT2D eigenvalue weighted by Crippen LogP contribution is 2.21. The molecule has 1 fully saturated rings. The van der Waals surface area contributed by atoms with Gasteiger partial charge in [-0.25, -0.2) is 18.4 Å². The van der Waals surface area contributed by atoms with Crippen molar-refractivity contribution in [2.45, 2.75) is 52.0 Å². The second-order valence-corrected chi connectivity index (χ2v) is 9.71. The quantitative estimate of drug-likeness (QED) is 0.421. The van der Waals surface area contributed by atoms with Crippen molar-refractivity contribution in [3.8, 4) is 5.75 Å². The number of urea groups is 1. The number of piperidine rings is 1. The molecule has 7 nitrogen and oxygen atoms in total. The molecule has 2 amide bonds. The van der Waals surface area contributed by atoms with E-state index in [1.54, 1.807) is 4.90 Å². The summed E-state index contributed by atoms with van der Waals surface area (Å²) in [6.07, 6.45) is -3.49. The minimum Gasteiger partial charge on any atom is -0.493 e. The molecule has 39 heavy (non-hydrogen) atoms. The SMILES string of the molecule is CC(C)COc1ccc(CNC(=O)N(Cc2cc(F)ccc2F)C2CCN(C)CC2)cc1.O=C(O)C(F)(F)F. The number of benzene rings is 2. The van der Waals surface area contributed by atoms with Crippen LogP contribution in [0.4, 0.5) is 26.7 Å². The zero-order valence-corrected chi connectivity index (χ0v) is 22.1. The van der Waals surface area contributed by atoms with Gasteiger partial charge in [-0.05, 0) is 74.8 Å². The number of carbonyl (C=O) groups is 2. The molecule has 2 aromatic rings. The zero-order chi connectivity index (χ0) is 29.2. The summed E-state index contributed by atoms with van der Waals surface area (Å²) in [5, 5.41) is 10.1. The van der Waals surface area contributed by atoms with Crippen LogP contribution < -0.4 is 10.1 Å². The number of ether oxygens (including phenoxy) is 1. The number of nitrogens with zero attached hydrogens (tertiary/aromatic N) is 2. The van der Waals surface area contributed by atoms with E-state index in [-0.39, 0.29) is 24.2 Å². The molecule has 1 saturated heterocycles. The second-order valence-electron chi connectivity index (χ2n) is 9.71. The molecular formula is C27H34F5N3O4. The first-order valence-corrected chi connectivity index (χ1v) is 12.4. The van der Waals surface area contributed by atoms with Gasteiger partial charge in [-0.2, -0.15) is 13.2 Å². The number of rotatable bonds is 8. The van der Waals surface area contributed by atoms with E-state index in [0.29, 0.717) is 19.1 Å². The van der Waals surface area contributed by atoms with Gasteiger partial charge in [0.05, 0.1) is 13.2 Å². The van der Waals surface area contributed by atoms with Gasteiger partial charge in [-0.15, -0.1) is 0 Å². The fourth-order valence-electron chi connectivity index (χ4n) is 3.77. The molecule has 0 aromatic heterocycles. The maximum absolute atomic E-state index is 14.3. The zero-order valence-electron chi connectivity index (χ0n) is 22.1. The Morgan fingerprint density at radius 1 is 1.10 bits per heavy atom. The van der Waals surface area contributed by atoms with Crippen molar-refractivity contribution in [3.63, 3.8) is 0 Å². The molecule has 0 bridgehead atoms. The smallest absolute Gasteiger partial charge is 0.490 e. The Balaban J connectivity index is 0.000000673. The number of halogens is 5. The molecule has 2 N–H and O–H groups in total. The van der Waals surface area contributed by atoms with Crippen molar-refractivity contribution >= 4 is 12.0 Å². The number of carboxylic acid groups (broad SMARTS) is 1. The molecule has 3 rings (SSSR count). The lowest BCUT2D eigenvalue weighted by atomic mass is 10.0. The fraction of sp³-hybridized carbons (Fsp3) is 0.481. The molecule has 12 heteroatoms. The third kappa shape index (κ3) is 11.1. The predicted octanol–water partition coefficient (Wildman–Crippen LogP) is 5.44. The number of carboxylic acids is 1. The Bertz CT molecular complexity index is 1070. The summed E-state index contributed by atoms with van der Waals surface area (Å²) in [7, 11) is 2.04. The van der Waals surface area contributed by atoms with Gasteiger partial charge >= 0.3 is 18.2 Å². The highest BCUT2D eigenvalue weighted by molar-refractivity contribution is 5.74. The summed E-state index contributed by atoms with van der Waals surface area (Å²) in [5.74, 6) is -2.53. The summed E-state index contributed by atoms with van der Waals surface area (Å²) in [6, 6.07) is 10.7. The van der Waals surface area contributed by atoms with E-state index in [4.69, 9.17) is 14.6 Å². The number of carbonyl (C=O) groups excluding carboxylic acids is 1. The van der Waals surface area contributed by atoms with E-state index in [0.717, 1.165) is 49.4 Å². The van der Waals surface area contributed by atoms with Crippen LogP contribution in [0.5, 0.6) is 5.75 Å². The first kappa shape index (κ1) is 31.8. The number of likely N-dealkylation sites (tertiary alicyclic amines) is 1. The highest BCUT2D eigenvalue weighted by Gasteiger charge is 2.38. The highest BCUT2D eigenvalue weighted by atomic mass is 19.4. The van der Waals surface area contributed by atoms with Crippen molar-refractivity contribution in [1.29, 1.82) is 0 Å². The molecular weight excluding hydrogens is 525 g/mol. The maximum atomic E-state index is 14.3. The fourth-order valence-corrected chi connectivity index (χ4v) is 3.77. The predicted molar refractivity (Wildman–Crippen MR) is 135 cm³/mol. The van der Waals surface area contributed by atoms with Crippen LogP contribution in [-0.4, -0.2) is 65.9 Å². The Morgan fingerprint density at radius 2 is 1.69 bits per heavy atom. The Kier molecular flexibility index (Phi) is 12.0. The molecule has 1 aliphatic heterocycles. The Labute approximate surface area is 224 Å². The summed E-state index contributed by atoms with van der Waals surface area (Å²) in [6.45, 7) is 6.93. The normalized spacial score (nSPS) is 14.4. The molecule has 1 aliphatic rings. The number of aliphatic carboxylic acids is 1. The van der Waals surface area contributed by atoms with Gasteiger partial charge in [0.1, 0.15) is 17.4 Å². The van der Waals surface area contributed by atoms with Crippen LogP contribution in [0.15, 0.2) is 42.5 Å². The van der Waals surface area contributed by atoms with E-state index >= 15 is 0 Å². The number of nitrogens with one attached hydrogen (secondary N) is 1. The van der Waals surface area contributed by atoms with E-state index < -0.39 is 23.8 Å². The Hall–Kier alpha value is -3.41. The van der Waals surface area contributed by atoms with Crippen LogP contribution in [0.25, 0.3) is 0 Å². The van der Waals surface area contributed by atoms with E-state index in [2.05, 4.69) is 24.1 Å². The number of hydrogen-bond acceptors (Lipinski definition) is 4. The minimum absolute atomic E-state index is 0.0272. The van der Waals surface area contributed by atoms with Gasteiger partial charge in [0, 0.05) is 18.2 Å². The molecule has 216 valence electrons. The summed E-state index contributed by atoms with van der Waals surface area (Å²) in [5.41, 5.74) is 1.13. The third-order valence-corrected chi connectivity index (χ3v) is 5.93. The molecule has 1 heterocycles. The van der Waals surface area contributed by atoms with Gasteiger partial charge < -0.3 is 25.0 Å². The average molecular weight is 560 g/mol. The monoisotopic (exact) mass is 559 g/mol. The molecule has 0 saturated carbocycles. The first-order valence-electron chi connectivity index (χ1n) is 12.4. The second kappa shape index (κ2) is 14.7. The summed E-state index contributed by atoms with van der Waals surface area (Å²) >= 11 is 0. The van der Waals surface area contributed by atoms with Crippen LogP contribution in [0.3, 0.4) is 0 Å². The summed E-state index contributed by atoms with van der Waals surface area (Å²) < 4.78 is 65.4. The van der Waals surface area contributed by atoms with E-state index in [1.807, 2.05) is 31.3 Å². The van der Waals surface area contributed by atoms with Gasteiger partial charge in [-0.3, -0.25) is 0 Å². The maximum Gasteiger partial charge on any atom is 0.490 e. The lowest BCUT2D eigenvalue weighted by Crippen LogP contribution is -2.49. The van der Waals surface area contributed by atoms with Crippen LogP contribution in [0.2, 0.25) is 0 Å². The van der Waals surface area contributed by atoms with Gasteiger partial charge in [-0.1, -0.05) is 26.0 Å². The molecule has 0 spiro atoms. The van der Waals surface area contributed by atoms with Crippen LogP contribution >= 0.6 is 0 Å². The largest absolute Gasteiger partial charge is 0.493 e. The minimum atomic E-state index is -5.08. The lowest BCUT2D eigenvalue weighted by Gasteiger charge is -2.37. The molecule has 0 atom stereocenters. The number of hydrogen-bond donors (Lipinski definition) is 2. The molecule has 0 unspecified atom stereocenters. The van der Waals surface area contributed by atoms with Crippen molar-refractivity contribution < 1.29 is 41.4 Å². The Morgan fingerprint density at radius 3 is 2.23 bits per heavy atom. The first-order chi connectivity index (χ1) is 18.3. The topological polar surface area (TPSA) is 82.1 Å². The van der Waals surface area contributed by atoms with Crippen molar-refractivity contribution in [2.75, 3.05) is 26.7 Å².